The molecule has 0 aliphatic heterocycles. The van der Waals surface area contributed by atoms with E-state index in [-0.39, 0.29) is 0 Å². The summed E-state index contributed by atoms with van der Waals surface area (Å²) in [4.78, 5) is 10.7. The van der Waals surface area contributed by atoms with Gasteiger partial charge in [0.05, 0.1) is 0 Å². The van der Waals surface area contributed by atoms with E-state index in [2.05, 4.69) is 27.0 Å². The van der Waals surface area contributed by atoms with Gasteiger partial charge in [0.2, 0.25) is 0 Å². The molecule has 0 amide bonds. The molecular formula is C12H20N6. The van der Waals surface area contributed by atoms with Crippen molar-refractivity contribution in [2.24, 2.45) is 5.73 Å². The molecule has 18 heavy (non-hydrogen) atoms. The maximum atomic E-state index is 5.49. The Kier molecular flexibility index (Phi) is 4.09. The standard InChI is InChI=1S/C12H20N6/c1-10-8-11(17(2)7-5-3-4-6-13)18-12(16-10)14-9-15-18/h8-9H,3-7,13H2,1-2H3. The second-order valence-corrected chi connectivity index (χ2v) is 4.50. The van der Waals surface area contributed by atoms with Crippen molar-refractivity contribution >= 4 is 11.6 Å². The molecule has 0 aromatic carbocycles. The van der Waals surface area contributed by atoms with Crippen LogP contribution >= 0.6 is 0 Å². The number of aromatic nitrogens is 4. The summed E-state index contributed by atoms with van der Waals surface area (Å²) >= 11 is 0. The van der Waals surface area contributed by atoms with Gasteiger partial charge in [-0.2, -0.15) is 14.6 Å². The summed E-state index contributed by atoms with van der Waals surface area (Å²) < 4.78 is 1.77. The quantitative estimate of drug-likeness (QED) is 0.772. The molecule has 6 heteroatoms. The van der Waals surface area contributed by atoms with Gasteiger partial charge < -0.3 is 10.6 Å². The Morgan fingerprint density at radius 2 is 2.17 bits per heavy atom. The molecule has 2 N–H and O–H groups in total. The normalized spacial score (nSPS) is 11.1. The molecule has 0 radical (unpaired) electrons. The second kappa shape index (κ2) is 5.77. The van der Waals surface area contributed by atoms with Crippen molar-refractivity contribution in [3.8, 4) is 0 Å². The van der Waals surface area contributed by atoms with E-state index in [1.165, 1.54) is 6.33 Å². The van der Waals surface area contributed by atoms with E-state index in [0.29, 0.717) is 5.78 Å². The molecule has 2 aromatic heterocycles. The molecule has 98 valence electrons. The Balaban J connectivity index is 2.11. The molecular weight excluding hydrogens is 228 g/mol. The smallest absolute Gasteiger partial charge is 0.254 e. The molecule has 0 aliphatic carbocycles. The van der Waals surface area contributed by atoms with E-state index in [9.17, 15) is 0 Å². The number of fused-ring (bicyclic) bond motifs is 1. The van der Waals surface area contributed by atoms with Crippen LogP contribution in [-0.4, -0.2) is 39.7 Å². The first kappa shape index (κ1) is 12.8. The topological polar surface area (TPSA) is 72.3 Å². The number of unbranched alkanes of at least 4 members (excludes halogenated alkanes) is 2. The summed E-state index contributed by atoms with van der Waals surface area (Å²) in [5.74, 6) is 1.68. The van der Waals surface area contributed by atoms with Gasteiger partial charge in [0.25, 0.3) is 5.78 Å². The molecule has 0 spiro atoms. The fourth-order valence-electron chi connectivity index (χ4n) is 1.97. The van der Waals surface area contributed by atoms with E-state index in [1.807, 2.05) is 13.0 Å². The van der Waals surface area contributed by atoms with E-state index in [0.717, 1.165) is 43.9 Å². The number of nitrogens with zero attached hydrogens (tertiary/aromatic N) is 5. The lowest BCUT2D eigenvalue weighted by molar-refractivity contribution is 0.671. The average Bonchev–Trinajstić information content (AvgIpc) is 2.81. The molecule has 6 nitrogen and oxygen atoms in total. The minimum Gasteiger partial charge on any atom is -0.359 e. The molecule has 0 bridgehead atoms. The van der Waals surface area contributed by atoms with Gasteiger partial charge in [0, 0.05) is 25.4 Å². The first-order valence-corrected chi connectivity index (χ1v) is 6.31. The third-order valence-corrected chi connectivity index (χ3v) is 2.95. The van der Waals surface area contributed by atoms with Crippen molar-refractivity contribution in [2.45, 2.75) is 26.2 Å². The summed E-state index contributed by atoms with van der Waals surface area (Å²) in [5, 5.41) is 4.21. The number of rotatable bonds is 6. The summed E-state index contributed by atoms with van der Waals surface area (Å²) in [6.45, 7) is 3.73. The van der Waals surface area contributed by atoms with Crippen molar-refractivity contribution in [1.29, 1.82) is 0 Å². The Bertz CT molecular complexity index is 506. The van der Waals surface area contributed by atoms with Crippen molar-refractivity contribution in [3.05, 3.63) is 18.1 Å². The first-order chi connectivity index (χ1) is 8.72. The third-order valence-electron chi connectivity index (χ3n) is 2.95. The number of nitrogens with two attached hydrogens (primary N) is 1. The number of hydrogen-bond acceptors (Lipinski definition) is 5. The van der Waals surface area contributed by atoms with Crippen molar-refractivity contribution in [1.82, 2.24) is 19.6 Å². The maximum absolute atomic E-state index is 5.49. The molecule has 0 saturated heterocycles. The van der Waals surface area contributed by atoms with Crippen molar-refractivity contribution in [2.75, 3.05) is 25.0 Å². The molecule has 0 aliphatic rings. The lowest BCUT2D eigenvalue weighted by Gasteiger charge is -2.19. The zero-order chi connectivity index (χ0) is 13.0. The van der Waals surface area contributed by atoms with Crippen LogP contribution in [0.3, 0.4) is 0 Å². The maximum Gasteiger partial charge on any atom is 0.254 e. The van der Waals surface area contributed by atoms with Gasteiger partial charge in [-0.3, -0.25) is 0 Å². The van der Waals surface area contributed by atoms with Gasteiger partial charge >= 0.3 is 0 Å². The Morgan fingerprint density at radius 3 is 2.94 bits per heavy atom. The van der Waals surface area contributed by atoms with E-state index >= 15 is 0 Å². The highest BCUT2D eigenvalue weighted by molar-refractivity contribution is 5.46. The van der Waals surface area contributed by atoms with Crippen LogP contribution in [0.2, 0.25) is 0 Å². The van der Waals surface area contributed by atoms with E-state index in [4.69, 9.17) is 5.73 Å². The highest BCUT2D eigenvalue weighted by atomic mass is 15.4. The van der Waals surface area contributed by atoms with Crippen LogP contribution in [0.1, 0.15) is 25.0 Å². The van der Waals surface area contributed by atoms with Gasteiger partial charge in [-0.05, 0) is 26.3 Å². The summed E-state index contributed by atoms with van der Waals surface area (Å²) in [5.41, 5.74) is 6.45. The van der Waals surface area contributed by atoms with Crippen LogP contribution in [0.25, 0.3) is 5.78 Å². The molecule has 0 saturated carbocycles. The van der Waals surface area contributed by atoms with E-state index < -0.39 is 0 Å². The zero-order valence-corrected chi connectivity index (χ0v) is 11.0. The molecule has 2 aromatic rings. The monoisotopic (exact) mass is 248 g/mol. The van der Waals surface area contributed by atoms with Crippen LogP contribution in [0.15, 0.2) is 12.4 Å². The van der Waals surface area contributed by atoms with Crippen LogP contribution in [0, 0.1) is 6.92 Å². The zero-order valence-electron chi connectivity index (χ0n) is 11.0. The third kappa shape index (κ3) is 2.76. The summed E-state index contributed by atoms with van der Waals surface area (Å²) in [6, 6.07) is 2.03. The lowest BCUT2D eigenvalue weighted by atomic mass is 10.2. The number of aryl methyl sites for hydroxylation is 1. The van der Waals surface area contributed by atoms with Crippen molar-refractivity contribution in [3.63, 3.8) is 0 Å². The SMILES string of the molecule is Cc1cc(N(C)CCCCCN)n2ncnc2n1. The molecule has 0 unspecified atom stereocenters. The van der Waals surface area contributed by atoms with Crippen LogP contribution in [0.4, 0.5) is 5.82 Å². The average molecular weight is 248 g/mol. The fraction of sp³-hybridized carbons (Fsp3) is 0.583. The predicted octanol–water partition coefficient (Wildman–Crippen LogP) is 0.998. The molecule has 0 fully saturated rings. The lowest BCUT2D eigenvalue weighted by Crippen LogP contribution is -2.22. The van der Waals surface area contributed by atoms with E-state index in [1.54, 1.807) is 4.52 Å². The van der Waals surface area contributed by atoms with Gasteiger partial charge in [-0.15, -0.1) is 0 Å². The van der Waals surface area contributed by atoms with Gasteiger partial charge in [0.15, 0.2) is 0 Å². The Morgan fingerprint density at radius 1 is 1.33 bits per heavy atom. The Hall–Kier alpha value is -1.69. The fourth-order valence-corrected chi connectivity index (χ4v) is 1.97. The summed E-state index contributed by atoms with van der Waals surface area (Å²) in [7, 11) is 2.07. The van der Waals surface area contributed by atoms with Gasteiger partial charge in [0.1, 0.15) is 12.1 Å². The largest absolute Gasteiger partial charge is 0.359 e. The van der Waals surface area contributed by atoms with Gasteiger partial charge in [-0.1, -0.05) is 6.42 Å². The molecule has 2 rings (SSSR count). The number of anilines is 1. The highest BCUT2D eigenvalue weighted by Gasteiger charge is 2.09. The predicted molar refractivity (Wildman–Crippen MR) is 71.7 cm³/mol. The van der Waals surface area contributed by atoms with Crippen molar-refractivity contribution < 1.29 is 0 Å². The van der Waals surface area contributed by atoms with Gasteiger partial charge in [-0.25, -0.2) is 4.98 Å². The van der Waals surface area contributed by atoms with Crippen LogP contribution < -0.4 is 10.6 Å². The minimum atomic E-state index is 0.652. The number of hydrogen-bond donors (Lipinski definition) is 1. The Labute approximate surface area is 107 Å². The first-order valence-electron chi connectivity index (χ1n) is 6.31. The molecule has 2 heterocycles. The highest BCUT2D eigenvalue weighted by Crippen LogP contribution is 2.14. The molecule has 0 atom stereocenters. The summed E-state index contributed by atoms with van der Waals surface area (Å²) in [6.07, 6.45) is 4.91. The van der Waals surface area contributed by atoms with Crippen LogP contribution in [-0.2, 0) is 0 Å². The van der Waals surface area contributed by atoms with Crippen LogP contribution in [0.5, 0.6) is 0 Å². The minimum absolute atomic E-state index is 0.652. The second-order valence-electron chi connectivity index (χ2n) is 4.50.